The molecule has 21 heteroatoms. The number of hydrogen-bond donors (Lipinski definition) is 17. The van der Waals surface area contributed by atoms with E-state index in [4.69, 9.17) is 86.8 Å². The quantitative estimate of drug-likeness (QED) is 0.0605. The zero-order chi connectivity index (χ0) is 53.0. The maximum absolute atomic E-state index is 8.79. The van der Waals surface area contributed by atoms with Crippen LogP contribution in [0.15, 0.2) is 218 Å². The summed E-state index contributed by atoms with van der Waals surface area (Å²) in [5, 5.41) is 148. The molecule has 5 aliphatic rings. The summed E-state index contributed by atoms with van der Waals surface area (Å²) in [4.78, 5) is 0. The molecule has 0 saturated heterocycles. The summed E-state index contributed by atoms with van der Waals surface area (Å²) in [7, 11) is 0. The van der Waals surface area contributed by atoms with E-state index >= 15 is 0 Å². The first-order valence-corrected chi connectivity index (χ1v) is 21.7. The molecular weight excluding hydrogens is 1140 g/mol. The van der Waals surface area contributed by atoms with Crippen molar-refractivity contribution < 1.29 is 155 Å². The third-order valence-electron chi connectivity index (χ3n) is 8.85. The zero-order valence-electron chi connectivity index (χ0n) is 39.9. The SMILES string of the molecule is OC1=C(O)CCC=C1.OC1=CCCC=C1.OC1C=CC=C[C@@H]1O.OC1C=CC=C[C@@H]1O.OC1C=CC=C[C@@H]1O.Oc1ccccc1O.Oc1ccccc1O.Oc1ccccc1O.Oc1ccccc1O.[Fe].[Fe].[Fe].[Fe]. The minimum absolute atomic E-state index is 0. The van der Waals surface area contributed by atoms with Crippen LogP contribution in [0.3, 0.4) is 0 Å². The Labute approximate surface area is 478 Å². The molecule has 17 nitrogen and oxygen atoms in total. The fourth-order valence-corrected chi connectivity index (χ4v) is 4.85. The normalized spacial score (nSPS) is 19.1. The molecule has 0 saturated carbocycles. The molecule has 6 atom stereocenters. The first kappa shape index (κ1) is 75.4. The summed E-state index contributed by atoms with van der Waals surface area (Å²) in [6, 6.07) is 24.6. The Balaban J connectivity index is -0.000000376. The van der Waals surface area contributed by atoms with Gasteiger partial charge in [0.25, 0.3) is 0 Å². The van der Waals surface area contributed by atoms with Gasteiger partial charge in [-0.15, -0.1) is 0 Å². The predicted molar refractivity (Wildman–Crippen MR) is 270 cm³/mol. The number of benzene rings is 4. The van der Waals surface area contributed by atoms with Crippen molar-refractivity contribution >= 4 is 0 Å². The van der Waals surface area contributed by atoms with E-state index < -0.39 is 36.6 Å². The second-order valence-electron chi connectivity index (χ2n) is 14.6. The fraction of sp³-hybridized carbons (Fsp3) is 0.185. The third kappa shape index (κ3) is 36.5. The van der Waals surface area contributed by atoms with Crippen LogP contribution in [0.4, 0.5) is 0 Å². The third-order valence-corrected chi connectivity index (χ3v) is 8.85. The molecule has 5 aliphatic carbocycles. The topological polar surface area (TPSA) is 344 Å². The van der Waals surface area contributed by atoms with Crippen LogP contribution in [0.2, 0.25) is 0 Å². The summed E-state index contributed by atoms with van der Waals surface area (Å²) < 4.78 is 0. The molecule has 0 fully saturated rings. The second kappa shape index (κ2) is 45.3. The Morgan fingerprint density at radius 3 is 0.640 bits per heavy atom. The van der Waals surface area contributed by atoms with Gasteiger partial charge in [-0.25, -0.2) is 0 Å². The van der Waals surface area contributed by atoms with E-state index in [9.17, 15) is 0 Å². The number of hydrogen-bond acceptors (Lipinski definition) is 17. The van der Waals surface area contributed by atoms with Gasteiger partial charge in [0.15, 0.2) is 51.8 Å². The molecule has 3 unspecified atom stereocenters. The van der Waals surface area contributed by atoms with Crippen molar-refractivity contribution in [2.24, 2.45) is 0 Å². The molecule has 17 N–H and O–H groups in total. The second-order valence-corrected chi connectivity index (χ2v) is 14.6. The van der Waals surface area contributed by atoms with Gasteiger partial charge in [0.2, 0.25) is 0 Å². The van der Waals surface area contributed by atoms with Gasteiger partial charge in [-0.2, -0.15) is 0 Å². The summed E-state index contributed by atoms with van der Waals surface area (Å²) in [6.07, 6.45) is 27.6. The molecule has 9 rings (SSSR count). The van der Waals surface area contributed by atoms with Crippen LogP contribution in [-0.2, 0) is 68.3 Å². The molecule has 0 spiro atoms. The Morgan fingerprint density at radius 1 is 0.293 bits per heavy atom. The Hall–Kier alpha value is -6.08. The molecule has 0 bridgehead atoms. The van der Waals surface area contributed by atoms with Gasteiger partial charge < -0.3 is 86.8 Å². The van der Waals surface area contributed by atoms with Crippen molar-refractivity contribution in [2.45, 2.75) is 62.3 Å². The fourth-order valence-electron chi connectivity index (χ4n) is 4.85. The van der Waals surface area contributed by atoms with E-state index in [-0.39, 0.29) is 126 Å². The van der Waals surface area contributed by atoms with Gasteiger partial charge in [0, 0.05) is 74.7 Å². The molecule has 75 heavy (non-hydrogen) atoms. The average Bonchev–Trinajstić information content (AvgIpc) is 3.36. The number of phenols is 8. The Bertz CT molecular complexity index is 2070. The molecular formula is C54H64Fe4O17. The van der Waals surface area contributed by atoms with Crippen molar-refractivity contribution in [3.63, 3.8) is 0 Å². The molecule has 0 amide bonds. The summed E-state index contributed by atoms with van der Waals surface area (Å²) in [6.45, 7) is 0. The predicted octanol–water partition coefficient (Wildman–Crippen LogP) is 7.33. The standard InChI is InChI=1S/4C6H8O2.4C6H6O2.C6H8O.4Fe/c8*7-5-3-1-2-4-6(5)8;7-6-4-2-1-3-5-6;;;;/h1,3,7-8H,2,4H2;3*1-8H;4*1-4,7-8H;2,4-5,7H,1,3H2;;;;/t;3*5-,6?;;;;;;;;;/m.000........./s1. The van der Waals surface area contributed by atoms with Crippen molar-refractivity contribution in [2.75, 3.05) is 0 Å². The molecule has 0 aliphatic heterocycles. The minimum atomic E-state index is -0.708. The summed E-state index contributed by atoms with van der Waals surface area (Å²) in [5.74, 6) is -0.0880. The first-order chi connectivity index (χ1) is 33.8. The van der Waals surface area contributed by atoms with Crippen molar-refractivity contribution in [1.29, 1.82) is 0 Å². The van der Waals surface area contributed by atoms with Gasteiger partial charge in [-0.05, 0) is 86.0 Å². The maximum Gasteiger partial charge on any atom is 0.157 e. The zero-order valence-corrected chi connectivity index (χ0v) is 44.3. The molecule has 4 aromatic carbocycles. The van der Waals surface area contributed by atoms with E-state index in [0.717, 1.165) is 19.3 Å². The molecule has 4 aromatic rings. The number of para-hydroxylation sites is 8. The number of aliphatic hydroxyl groups is 9. The van der Waals surface area contributed by atoms with Crippen LogP contribution < -0.4 is 0 Å². The van der Waals surface area contributed by atoms with E-state index in [1.54, 1.807) is 128 Å². The molecule has 414 valence electrons. The smallest absolute Gasteiger partial charge is 0.157 e. The van der Waals surface area contributed by atoms with Gasteiger partial charge >= 0.3 is 0 Å². The van der Waals surface area contributed by atoms with Crippen LogP contribution in [-0.4, -0.2) is 123 Å². The van der Waals surface area contributed by atoms with Gasteiger partial charge in [0.05, 0.1) is 0 Å². The molecule has 0 heterocycles. The summed E-state index contributed by atoms with van der Waals surface area (Å²) >= 11 is 0. The number of aliphatic hydroxyl groups excluding tert-OH is 9. The van der Waals surface area contributed by atoms with Crippen LogP contribution >= 0.6 is 0 Å². The first-order valence-electron chi connectivity index (χ1n) is 21.7. The van der Waals surface area contributed by atoms with E-state index in [1.807, 2.05) is 18.2 Å². The molecule has 0 aromatic heterocycles. The molecule has 0 radical (unpaired) electrons. The monoisotopic (exact) mass is 1210 g/mol. The van der Waals surface area contributed by atoms with Crippen molar-refractivity contribution in [3.05, 3.63) is 218 Å². The van der Waals surface area contributed by atoms with Crippen LogP contribution in [0.25, 0.3) is 0 Å². The van der Waals surface area contributed by atoms with E-state index in [2.05, 4.69) is 0 Å². The minimum Gasteiger partial charge on any atom is -0.508 e. The maximum atomic E-state index is 8.79. The Kier molecular flexibility index (Phi) is 45.6. The van der Waals surface area contributed by atoms with Crippen LogP contribution in [0.1, 0.15) is 25.7 Å². The Morgan fingerprint density at radius 2 is 0.520 bits per heavy atom. The number of aromatic hydroxyl groups is 8. The average molecular weight is 1210 g/mol. The van der Waals surface area contributed by atoms with Crippen molar-refractivity contribution in [3.8, 4) is 46.0 Å². The van der Waals surface area contributed by atoms with Crippen molar-refractivity contribution in [1.82, 2.24) is 0 Å². The van der Waals surface area contributed by atoms with Crippen LogP contribution in [0.5, 0.6) is 46.0 Å². The number of allylic oxidation sites excluding steroid dienone is 12. The van der Waals surface area contributed by atoms with Gasteiger partial charge in [-0.3, -0.25) is 0 Å². The number of phenolic OH excluding ortho intramolecular Hbond substituents is 8. The van der Waals surface area contributed by atoms with E-state index in [0.29, 0.717) is 12.2 Å². The largest absolute Gasteiger partial charge is 0.508 e. The number of rotatable bonds is 0. The van der Waals surface area contributed by atoms with Gasteiger partial charge in [-0.1, -0.05) is 134 Å². The van der Waals surface area contributed by atoms with E-state index in [1.165, 1.54) is 54.6 Å². The summed E-state index contributed by atoms with van der Waals surface area (Å²) in [5.41, 5.74) is 0. The van der Waals surface area contributed by atoms with Gasteiger partial charge in [0.1, 0.15) is 48.1 Å². The van der Waals surface area contributed by atoms with Crippen LogP contribution in [0, 0.1) is 0 Å².